The number of benzene rings is 1. The molecule has 1 rings (SSSR count). The number of carboxylic acid groups (broad SMARTS) is 1. The number of hydrogen-bond acceptors (Lipinski definition) is 2. The van der Waals surface area contributed by atoms with Gasteiger partial charge in [-0.25, -0.2) is 0 Å². The van der Waals surface area contributed by atoms with Crippen molar-refractivity contribution in [3.05, 3.63) is 35.9 Å². The monoisotopic (exact) mass is 318 g/mol. The molecular formula is C20H30O3. The molecule has 0 spiro atoms. The Kier molecular flexibility index (Phi) is 10.0. The van der Waals surface area contributed by atoms with Crippen LogP contribution in [0, 0.1) is 5.92 Å². The predicted octanol–water partition coefficient (Wildman–Crippen LogP) is 5.49. The number of rotatable bonds is 13. The molecule has 1 aromatic rings. The van der Waals surface area contributed by atoms with Crippen LogP contribution in [0.25, 0.3) is 0 Å². The van der Waals surface area contributed by atoms with E-state index in [-0.39, 0.29) is 11.7 Å². The number of Topliss-reactive ketones (excluding diaryl/α,β-unsaturated/α-hetero) is 1. The number of aliphatic carboxylic acids is 1. The summed E-state index contributed by atoms with van der Waals surface area (Å²) in [6, 6.07) is 9.51. The SMILES string of the molecule is C[C@@H](CCCCCCCCCCC(=O)c1ccccc1)C(=O)O. The standard InChI is InChI=1S/C20H30O3/c1-17(20(22)23)13-9-6-4-2-3-5-7-12-16-19(21)18-14-10-8-11-15-18/h8,10-11,14-15,17H,2-7,9,12-13,16H2,1H3,(H,22,23)/t17-/m0/s1. The Balaban J connectivity index is 1.90. The van der Waals surface area contributed by atoms with Crippen LogP contribution >= 0.6 is 0 Å². The van der Waals surface area contributed by atoms with Gasteiger partial charge in [0.2, 0.25) is 0 Å². The van der Waals surface area contributed by atoms with Crippen LogP contribution in [0.1, 0.15) is 81.5 Å². The minimum Gasteiger partial charge on any atom is -0.481 e. The van der Waals surface area contributed by atoms with Gasteiger partial charge in [-0.15, -0.1) is 0 Å². The molecule has 0 saturated heterocycles. The summed E-state index contributed by atoms with van der Waals surface area (Å²) in [5, 5.41) is 8.79. The number of hydrogen-bond donors (Lipinski definition) is 1. The summed E-state index contributed by atoms with van der Waals surface area (Å²) in [4.78, 5) is 22.6. The molecular weight excluding hydrogens is 288 g/mol. The summed E-state index contributed by atoms with van der Waals surface area (Å²) in [5.74, 6) is -0.648. The Hall–Kier alpha value is -1.64. The number of carboxylic acids is 1. The molecule has 1 N–H and O–H groups in total. The van der Waals surface area contributed by atoms with Gasteiger partial charge in [0.05, 0.1) is 5.92 Å². The molecule has 1 atom stereocenters. The third-order valence-corrected chi connectivity index (χ3v) is 4.31. The van der Waals surface area contributed by atoms with Crippen molar-refractivity contribution in [2.75, 3.05) is 0 Å². The second kappa shape index (κ2) is 11.9. The molecule has 128 valence electrons. The van der Waals surface area contributed by atoms with Crippen LogP contribution < -0.4 is 0 Å². The van der Waals surface area contributed by atoms with Gasteiger partial charge in [0.1, 0.15) is 0 Å². The molecule has 0 aliphatic rings. The van der Waals surface area contributed by atoms with E-state index in [4.69, 9.17) is 5.11 Å². The number of ketones is 1. The highest BCUT2D eigenvalue weighted by Crippen LogP contribution is 2.14. The lowest BCUT2D eigenvalue weighted by molar-refractivity contribution is -0.141. The molecule has 0 aromatic heterocycles. The van der Waals surface area contributed by atoms with Gasteiger partial charge in [0, 0.05) is 12.0 Å². The van der Waals surface area contributed by atoms with E-state index in [1.54, 1.807) is 6.92 Å². The fourth-order valence-corrected chi connectivity index (χ4v) is 2.69. The average Bonchev–Trinajstić information content (AvgIpc) is 2.56. The molecule has 0 fully saturated rings. The number of carbonyl (C=O) groups excluding carboxylic acids is 1. The largest absolute Gasteiger partial charge is 0.481 e. The van der Waals surface area contributed by atoms with Gasteiger partial charge in [0.15, 0.2) is 5.78 Å². The maximum atomic E-state index is 11.9. The van der Waals surface area contributed by atoms with Gasteiger partial charge >= 0.3 is 5.97 Å². The third-order valence-electron chi connectivity index (χ3n) is 4.31. The lowest BCUT2D eigenvalue weighted by Crippen LogP contribution is -2.08. The minimum absolute atomic E-state index is 0.211. The smallest absolute Gasteiger partial charge is 0.306 e. The molecule has 0 aliphatic heterocycles. The van der Waals surface area contributed by atoms with Crippen LogP contribution in [0.2, 0.25) is 0 Å². The van der Waals surface area contributed by atoms with Crippen molar-refractivity contribution >= 4 is 11.8 Å². The molecule has 0 saturated carbocycles. The topological polar surface area (TPSA) is 54.4 Å². The second-order valence-electron chi connectivity index (χ2n) is 6.40. The van der Waals surface area contributed by atoms with Crippen molar-refractivity contribution in [1.82, 2.24) is 0 Å². The molecule has 0 radical (unpaired) electrons. The van der Waals surface area contributed by atoms with Crippen molar-refractivity contribution < 1.29 is 14.7 Å². The van der Waals surface area contributed by atoms with E-state index in [1.165, 1.54) is 25.7 Å². The van der Waals surface area contributed by atoms with Gasteiger partial charge in [-0.3, -0.25) is 9.59 Å². The van der Waals surface area contributed by atoms with Crippen LogP contribution in [0.15, 0.2) is 30.3 Å². The summed E-state index contributed by atoms with van der Waals surface area (Å²) in [7, 11) is 0. The zero-order valence-electron chi connectivity index (χ0n) is 14.3. The fourth-order valence-electron chi connectivity index (χ4n) is 2.69. The van der Waals surface area contributed by atoms with E-state index in [0.717, 1.165) is 37.7 Å². The summed E-state index contributed by atoms with van der Waals surface area (Å²) < 4.78 is 0. The van der Waals surface area contributed by atoms with Crippen LogP contribution in [-0.2, 0) is 4.79 Å². The Labute approximate surface area is 140 Å². The molecule has 3 nitrogen and oxygen atoms in total. The summed E-state index contributed by atoms with van der Waals surface area (Å²) in [5.41, 5.74) is 0.822. The molecule has 0 heterocycles. The molecule has 3 heteroatoms. The van der Waals surface area contributed by atoms with E-state index in [1.807, 2.05) is 30.3 Å². The zero-order chi connectivity index (χ0) is 16.9. The number of unbranched alkanes of at least 4 members (excludes halogenated alkanes) is 7. The first kappa shape index (κ1) is 19.4. The van der Waals surface area contributed by atoms with Gasteiger partial charge < -0.3 is 5.11 Å². The highest BCUT2D eigenvalue weighted by atomic mass is 16.4. The quantitative estimate of drug-likeness (QED) is 0.386. The first-order chi connectivity index (χ1) is 11.1. The van der Waals surface area contributed by atoms with E-state index >= 15 is 0 Å². The van der Waals surface area contributed by atoms with Crippen molar-refractivity contribution in [3.63, 3.8) is 0 Å². The van der Waals surface area contributed by atoms with Gasteiger partial charge in [-0.2, -0.15) is 0 Å². The first-order valence-corrected chi connectivity index (χ1v) is 8.92. The van der Waals surface area contributed by atoms with E-state index < -0.39 is 5.97 Å². The molecule has 23 heavy (non-hydrogen) atoms. The highest BCUT2D eigenvalue weighted by molar-refractivity contribution is 5.95. The lowest BCUT2D eigenvalue weighted by Gasteiger charge is -2.05. The minimum atomic E-state index is -0.685. The Bertz CT molecular complexity index is 453. The van der Waals surface area contributed by atoms with Gasteiger partial charge in [-0.05, 0) is 12.8 Å². The third kappa shape index (κ3) is 9.17. The average molecular weight is 318 g/mol. The van der Waals surface area contributed by atoms with Gasteiger partial charge in [-0.1, -0.05) is 82.2 Å². The normalized spacial score (nSPS) is 12.0. The Morgan fingerprint density at radius 3 is 1.96 bits per heavy atom. The molecule has 0 unspecified atom stereocenters. The van der Waals surface area contributed by atoms with Crippen LogP contribution in [0.3, 0.4) is 0 Å². The molecule has 0 amide bonds. The molecule has 0 aliphatic carbocycles. The zero-order valence-corrected chi connectivity index (χ0v) is 14.3. The fraction of sp³-hybridized carbons (Fsp3) is 0.600. The van der Waals surface area contributed by atoms with Crippen LogP contribution in [0.5, 0.6) is 0 Å². The van der Waals surface area contributed by atoms with Crippen LogP contribution in [-0.4, -0.2) is 16.9 Å². The predicted molar refractivity (Wildman–Crippen MR) is 93.7 cm³/mol. The van der Waals surface area contributed by atoms with Crippen molar-refractivity contribution in [2.24, 2.45) is 5.92 Å². The molecule has 1 aromatic carbocycles. The summed E-state index contributed by atoms with van der Waals surface area (Å²) >= 11 is 0. The first-order valence-electron chi connectivity index (χ1n) is 8.92. The molecule has 0 bridgehead atoms. The van der Waals surface area contributed by atoms with E-state index in [2.05, 4.69) is 0 Å². The van der Waals surface area contributed by atoms with E-state index in [0.29, 0.717) is 6.42 Å². The van der Waals surface area contributed by atoms with Crippen molar-refractivity contribution in [2.45, 2.75) is 71.1 Å². The lowest BCUT2D eigenvalue weighted by atomic mass is 10.0. The van der Waals surface area contributed by atoms with Gasteiger partial charge in [0.25, 0.3) is 0 Å². The van der Waals surface area contributed by atoms with Crippen LogP contribution in [0.4, 0.5) is 0 Å². The maximum absolute atomic E-state index is 11.9. The summed E-state index contributed by atoms with van der Waals surface area (Å²) in [6.45, 7) is 1.78. The highest BCUT2D eigenvalue weighted by Gasteiger charge is 2.09. The Morgan fingerprint density at radius 1 is 0.870 bits per heavy atom. The number of carbonyl (C=O) groups is 2. The second-order valence-corrected chi connectivity index (χ2v) is 6.40. The Morgan fingerprint density at radius 2 is 1.39 bits per heavy atom. The van der Waals surface area contributed by atoms with E-state index in [9.17, 15) is 9.59 Å². The summed E-state index contributed by atoms with van der Waals surface area (Å²) in [6.07, 6.45) is 10.5. The van der Waals surface area contributed by atoms with Crippen molar-refractivity contribution in [3.8, 4) is 0 Å². The van der Waals surface area contributed by atoms with Crippen molar-refractivity contribution in [1.29, 1.82) is 0 Å². The maximum Gasteiger partial charge on any atom is 0.306 e.